The molecule has 0 aliphatic heterocycles. The van der Waals surface area contributed by atoms with E-state index in [1.54, 1.807) is 0 Å². The van der Waals surface area contributed by atoms with Crippen molar-refractivity contribution in [1.82, 2.24) is 0 Å². The van der Waals surface area contributed by atoms with Crippen molar-refractivity contribution in [3.05, 3.63) is 47.5 Å². The van der Waals surface area contributed by atoms with Crippen LogP contribution in [0.15, 0.2) is 46.2 Å². The molecule has 0 bridgehead atoms. The maximum absolute atomic E-state index is 11.1. The summed E-state index contributed by atoms with van der Waals surface area (Å²) in [7, 11) is -8.97. The van der Waals surface area contributed by atoms with Crippen LogP contribution in [0.1, 0.15) is 11.1 Å². The van der Waals surface area contributed by atoms with Crippen LogP contribution in [-0.4, -0.2) is 36.2 Å². The topological polar surface area (TPSA) is 149 Å². The lowest BCUT2D eigenvalue weighted by atomic mass is 10.0. The van der Waals surface area contributed by atoms with Crippen molar-refractivity contribution in [2.45, 2.75) is 16.2 Å². The van der Waals surface area contributed by atoms with Crippen LogP contribution in [0.2, 0.25) is 0 Å². The smallest absolute Gasteiger partial charge is 0.294 e. The van der Waals surface area contributed by atoms with E-state index in [2.05, 4.69) is 0 Å². The van der Waals surface area contributed by atoms with Gasteiger partial charge in [-0.1, -0.05) is 0 Å². The summed E-state index contributed by atoms with van der Waals surface area (Å²) in [6, 6.07) is 6.05. The van der Waals surface area contributed by atoms with Crippen LogP contribution in [0.25, 0.3) is 0 Å². The molecule has 23 heavy (non-hydrogen) atoms. The minimum atomic E-state index is -4.49. The number of phenols is 2. The first-order valence-corrected chi connectivity index (χ1v) is 8.95. The maximum Gasteiger partial charge on any atom is 0.294 e. The van der Waals surface area contributed by atoms with Gasteiger partial charge in [-0.15, -0.1) is 0 Å². The number of benzene rings is 2. The highest BCUT2D eigenvalue weighted by Crippen LogP contribution is 2.29. The molecule has 4 N–H and O–H groups in total. The standard InChI is InChI=1S/C13H12O8S2/c14-12-3-1-10(22(16,17)18)6-8(12)5-9-7-11(23(19,20)21)2-4-13(9)15/h1-4,6-7,14-15H,5H2,(H,16,17,18)(H,19,20,21). The fraction of sp³-hybridized carbons (Fsp3) is 0.0769. The van der Waals surface area contributed by atoms with Gasteiger partial charge in [-0.05, 0) is 47.5 Å². The molecule has 0 aromatic heterocycles. The van der Waals surface area contributed by atoms with E-state index in [4.69, 9.17) is 9.11 Å². The van der Waals surface area contributed by atoms with Gasteiger partial charge in [-0.2, -0.15) is 16.8 Å². The zero-order chi connectivity index (χ0) is 17.4. The Morgan fingerprint density at radius 1 is 0.696 bits per heavy atom. The summed E-state index contributed by atoms with van der Waals surface area (Å²) in [4.78, 5) is -0.925. The molecule has 0 unspecified atom stereocenters. The molecule has 2 aromatic carbocycles. The molecular weight excluding hydrogens is 348 g/mol. The molecule has 2 rings (SSSR count). The van der Waals surface area contributed by atoms with E-state index >= 15 is 0 Å². The molecule has 10 heteroatoms. The SMILES string of the molecule is O=S(=O)(O)c1ccc(O)c(Cc2cc(S(=O)(=O)O)ccc2O)c1. The Bertz CT molecular complexity index is 882. The van der Waals surface area contributed by atoms with Gasteiger partial charge >= 0.3 is 0 Å². The zero-order valence-corrected chi connectivity index (χ0v) is 13.0. The van der Waals surface area contributed by atoms with Gasteiger partial charge in [0.15, 0.2) is 0 Å². The third-order valence-corrected chi connectivity index (χ3v) is 4.78. The first-order valence-electron chi connectivity index (χ1n) is 6.07. The lowest BCUT2D eigenvalue weighted by Gasteiger charge is -2.09. The van der Waals surface area contributed by atoms with Crippen LogP contribution in [0.3, 0.4) is 0 Å². The molecule has 0 saturated heterocycles. The summed E-state index contributed by atoms with van der Waals surface area (Å²) >= 11 is 0. The van der Waals surface area contributed by atoms with E-state index in [0.717, 1.165) is 36.4 Å². The van der Waals surface area contributed by atoms with Gasteiger partial charge in [0.25, 0.3) is 20.2 Å². The van der Waals surface area contributed by atoms with Crippen LogP contribution in [0.5, 0.6) is 11.5 Å². The van der Waals surface area contributed by atoms with Crippen LogP contribution in [0.4, 0.5) is 0 Å². The van der Waals surface area contributed by atoms with E-state index in [-0.39, 0.29) is 29.0 Å². The number of hydrogen-bond donors (Lipinski definition) is 4. The minimum Gasteiger partial charge on any atom is -0.508 e. The van der Waals surface area contributed by atoms with Crippen LogP contribution < -0.4 is 0 Å². The summed E-state index contributed by atoms with van der Waals surface area (Å²) in [5.41, 5.74) is 0.0609. The molecule has 0 aliphatic rings. The number of rotatable bonds is 4. The maximum atomic E-state index is 11.1. The molecule has 0 spiro atoms. The van der Waals surface area contributed by atoms with Gasteiger partial charge in [0.05, 0.1) is 9.79 Å². The Morgan fingerprint density at radius 2 is 1.04 bits per heavy atom. The van der Waals surface area contributed by atoms with Crippen LogP contribution >= 0.6 is 0 Å². The van der Waals surface area contributed by atoms with Crippen molar-refractivity contribution in [1.29, 1.82) is 0 Å². The van der Waals surface area contributed by atoms with Gasteiger partial charge in [0, 0.05) is 6.42 Å². The molecule has 0 atom stereocenters. The van der Waals surface area contributed by atoms with Crippen molar-refractivity contribution in [3.8, 4) is 11.5 Å². The first kappa shape index (κ1) is 17.2. The predicted molar refractivity (Wildman–Crippen MR) is 78.6 cm³/mol. The molecule has 0 radical (unpaired) electrons. The Labute approximate surface area is 132 Å². The predicted octanol–water partition coefficient (Wildman–Crippen LogP) is 1.18. The molecule has 0 saturated carbocycles. The number of phenolic OH excluding ortho intramolecular Hbond substituents is 2. The van der Waals surface area contributed by atoms with Crippen molar-refractivity contribution >= 4 is 20.2 Å². The van der Waals surface area contributed by atoms with Gasteiger partial charge in [-0.3, -0.25) is 9.11 Å². The third kappa shape index (κ3) is 3.99. The third-order valence-electron chi connectivity index (χ3n) is 3.08. The second-order valence-corrected chi connectivity index (χ2v) is 7.55. The zero-order valence-electron chi connectivity index (χ0n) is 11.4. The van der Waals surface area contributed by atoms with Gasteiger partial charge < -0.3 is 10.2 Å². The summed E-state index contributed by atoms with van der Waals surface area (Å²) in [5.74, 6) is -0.622. The molecule has 0 fully saturated rings. The number of hydrogen-bond acceptors (Lipinski definition) is 6. The van der Waals surface area contributed by atoms with Crippen molar-refractivity contribution in [2.75, 3.05) is 0 Å². The molecular formula is C13H12O8S2. The van der Waals surface area contributed by atoms with Gasteiger partial charge in [-0.25, -0.2) is 0 Å². The van der Waals surface area contributed by atoms with Crippen molar-refractivity contribution in [3.63, 3.8) is 0 Å². The second-order valence-electron chi connectivity index (χ2n) is 4.71. The van der Waals surface area contributed by atoms with E-state index in [0.29, 0.717) is 0 Å². The highest BCUT2D eigenvalue weighted by molar-refractivity contribution is 7.86. The van der Waals surface area contributed by atoms with E-state index in [1.165, 1.54) is 0 Å². The Hall–Kier alpha value is -2.14. The van der Waals surface area contributed by atoms with E-state index < -0.39 is 30.0 Å². The highest BCUT2D eigenvalue weighted by atomic mass is 32.2. The summed E-state index contributed by atoms with van der Waals surface area (Å²) in [6.07, 6.45) is -0.232. The first-order chi connectivity index (χ1) is 10.5. The monoisotopic (exact) mass is 360 g/mol. The van der Waals surface area contributed by atoms with Crippen molar-refractivity contribution in [2.24, 2.45) is 0 Å². The Kier molecular flexibility index (Phi) is 4.35. The molecule has 8 nitrogen and oxygen atoms in total. The highest BCUT2D eigenvalue weighted by Gasteiger charge is 2.16. The lowest BCUT2D eigenvalue weighted by Crippen LogP contribution is -2.01. The quantitative estimate of drug-likeness (QED) is 0.594. The lowest BCUT2D eigenvalue weighted by molar-refractivity contribution is 0.461. The fourth-order valence-electron chi connectivity index (χ4n) is 1.93. The summed E-state index contributed by atoms with van der Waals surface area (Å²) in [6.45, 7) is 0. The van der Waals surface area contributed by atoms with Crippen LogP contribution in [-0.2, 0) is 26.7 Å². The number of aromatic hydroxyl groups is 2. The van der Waals surface area contributed by atoms with E-state index in [9.17, 15) is 27.0 Å². The summed E-state index contributed by atoms with van der Waals surface area (Å²) in [5, 5.41) is 19.5. The largest absolute Gasteiger partial charge is 0.508 e. The molecule has 0 aliphatic carbocycles. The van der Waals surface area contributed by atoms with Crippen molar-refractivity contribution < 1.29 is 36.2 Å². The Balaban J connectivity index is 2.51. The van der Waals surface area contributed by atoms with Gasteiger partial charge in [0.2, 0.25) is 0 Å². The van der Waals surface area contributed by atoms with E-state index in [1.807, 2.05) is 0 Å². The molecule has 0 amide bonds. The molecule has 2 aromatic rings. The molecule has 124 valence electrons. The average molecular weight is 360 g/mol. The average Bonchev–Trinajstić information content (AvgIpc) is 2.41. The second kappa shape index (κ2) is 5.81. The molecule has 0 heterocycles. The van der Waals surface area contributed by atoms with Gasteiger partial charge in [0.1, 0.15) is 11.5 Å². The normalized spacial score (nSPS) is 12.3. The Morgan fingerprint density at radius 3 is 1.35 bits per heavy atom. The minimum absolute atomic E-state index is 0.0305. The summed E-state index contributed by atoms with van der Waals surface area (Å²) < 4.78 is 62.5. The van der Waals surface area contributed by atoms with Crippen LogP contribution in [0, 0.1) is 0 Å². The fourth-order valence-corrected chi connectivity index (χ4v) is 3.00.